The number of hydrogen-bond acceptors (Lipinski definition) is 4. The molecule has 0 saturated carbocycles. The predicted molar refractivity (Wildman–Crippen MR) is 77.1 cm³/mol. The van der Waals surface area contributed by atoms with Crippen LogP contribution < -0.4 is 4.72 Å². The van der Waals surface area contributed by atoms with Crippen molar-refractivity contribution in [3.8, 4) is 0 Å². The van der Waals surface area contributed by atoms with Gasteiger partial charge in [-0.2, -0.15) is 0 Å². The van der Waals surface area contributed by atoms with E-state index in [1.54, 1.807) is 19.9 Å². The molecule has 0 saturated heterocycles. The Hall–Kier alpha value is -1.40. The first-order valence-electron chi connectivity index (χ1n) is 6.66. The lowest BCUT2D eigenvalue weighted by Crippen LogP contribution is -2.30. The van der Waals surface area contributed by atoms with Gasteiger partial charge in [0.25, 0.3) is 0 Å². The van der Waals surface area contributed by atoms with Gasteiger partial charge < -0.3 is 4.74 Å². The number of rotatable bonds is 7. The number of sulfonamides is 1. The van der Waals surface area contributed by atoms with Gasteiger partial charge in [0, 0.05) is 6.04 Å². The lowest BCUT2D eigenvalue weighted by molar-refractivity contribution is 0.0499. The van der Waals surface area contributed by atoms with E-state index in [4.69, 9.17) is 4.74 Å². The van der Waals surface area contributed by atoms with Crippen LogP contribution in [0.25, 0.3) is 0 Å². The first-order chi connectivity index (χ1) is 9.36. The molecule has 0 spiro atoms. The second-order valence-electron chi connectivity index (χ2n) is 4.79. The Kier molecular flexibility index (Phi) is 6.16. The van der Waals surface area contributed by atoms with E-state index in [0.29, 0.717) is 6.61 Å². The van der Waals surface area contributed by atoms with Gasteiger partial charge in [-0.15, -0.1) is 0 Å². The van der Waals surface area contributed by atoms with Crippen LogP contribution in [0.5, 0.6) is 0 Å². The van der Waals surface area contributed by atoms with E-state index < -0.39 is 16.0 Å². The van der Waals surface area contributed by atoms with E-state index in [0.717, 1.165) is 12.8 Å². The molecule has 6 heteroatoms. The van der Waals surface area contributed by atoms with Gasteiger partial charge in [0.15, 0.2) is 0 Å². The molecule has 0 fully saturated rings. The van der Waals surface area contributed by atoms with Gasteiger partial charge in [0.2, 0.25) is 10.0 Å². The van der Waals surface area contributed by atoms with Crippen molar-refractivity contribution in [1.82, 2.24) is 4.72 Å². The Morgan fingerprint density at radius 3 is 2.65 bits per heavy atom. The highest BCUT2D eigenvalue weighted by molar-refractivity contribution is 7.89. The summed E-state index contributed by atoms with van der Waals surface area (Å²) in [7, 11) is -3.60. The molecule has 1 N–H and O–H groups in total. The standard InChI is InChI=1S/C14H21NO4S/c1-4-5-9-19-14(16)12-7-6-8-13(10-12)20(17,18)15-11(2)3/h6-8,10-11,15H,4-5,9H2,1-3H3. The van der Waals surface area contributed by atoms with E-state index >= 15 is 0 Å². The van der Waals surface area contributed by atoms with Crippen molar-refractivity contribution >= 4 is 16.0 Å². The average Bonchev–Trinajstić information content (AvgIpc) is 2.37. The van der Waals surface area contributed by atoms with Crippen molar-refractivity contribution in [2.45, 2.75) is 44.6 Å². The second kappa shape index (κ2) is 7.40. The lowest BCUT2D eigenvalue weighted by Gasteiger charge is -2.10. The van der Waals surface area contributed by atoms with E-state index in [-0.39, 0.29) is 16.5 Å². The Bertz CT molecular complexity index is 552. The summed E-state index contributed by atoms with van der Waals surface area (Å²) in [4.78, 5) is 11.8. The van der Waals surface area contributed by atoms with Crippen LogP contribution >= 0.6 is 0 Å². The smallest absolute Gasteiger partial charge is 0.338 e. The minimum absolute atomic E-state index is 0.0659. The van der Waals surface area contributed by atoms with Crippen LogP contribution in [0.1, 0.15) is 44.0 Å². The fraction of sp³-hybridized carbons (Fsp3) is 0.500. The third-order valence-corrected chi connectivity index (χ3v) is 4.16. The van der Waals surface area contributed by atoms with Crippen LogP contribution in [0, 0.1) is 0 Å². The molecule has 0 radical (unpaired) electrons. The molecule has 0 amide bonds. The quantitative estimate of drug-likeness (QED) is 0.619. The van der Waals surface area contributed by atoms with Crippen LogP contribution in [-0.2, 0) is 14.8 Å². The number of esters is 1. The van der Waals surface area contributed by atoms with Crippen LogP contribution in [0.3, 0.4) is 0 Å². The molecule has 0 aliphatic rings. The zero-order valence-corrected chi connectivity index (χ0v) is 12.9. The van der Waals surface area contributed by atoms with Crippen molar-refractivity contribution in [1.29, 1.82) is 0 Å². The van der Waals surface area contributed by atoms with Gasteiger partial charge in [-0.05, 0) is 38.5 Å². The molecule has 0 aliphatic carbocycles. The molecular formula is C14H21NO4S. The predicted octanol–water partition coefficient (Wildman–Crippen LogP) is 2.33. The third kappa shape index (κ3) is 4.94. The molecule has 0 aromatic heterocycles. The maximum absolute atomic E-state index is 12.0. The highest BCUT2D eigenvalue weighted by atomic mass is 32.2. The van der Waals surface area contributed by atoms with Crippen LogP contribution in [0.2, 0.25) is 0 Å². The summed E-state index contributed by atoms with van der Waals surface area (Å²) in [5, 5.41) is 0. The average molecular weight is 299 g/mol. The van der Waals surface area contributed by atoms with Crippen molar-refractivity contribution in [3.63, 3.8) is 0 Å². The summed E-state index contributed by atoms with van der Waals surface area (Å²) in [6.45, 7) is 5.82. The fourth-order valence-electron chi connectivity index (χ4n) is 1.56. The molecule has 0 aliphatic heterocycles. The van der Waals surface area contributed by atoms with E-state index in [1.165, 1.54) is 18.2 Å². The summed E-state index contributed by atoms with van der Waals surface area (Å²) < 4.78 is 31.6. The van der Waals surface area contributed by atoms with Crippen molar-refractivity contribution in [3.05, 3.63) is 29.8 Å². The molecular weight excluding hydrogens is 278 g/mol. The molecule has 20 heavy (non-hydrogen) atoms. The molecule has 112 valence electrons. The molecule has 1 rings (SSSR count). The van der Waals surface area contributed by atoms with Crippen LogP contribution in [0.4, 0.5) is 0 Å². The minimum Gasteiger partial charge on any atom is -0.462 e. The molecule has 0 atom stereocenters. The van der Waals surface area contributed by atoms with Crippen LogP contribution in [-0.4, -0.2) is 27.0 Å². The van der Waals surface area contributed by atoms with Crippen molar-refractivity contribution < 1.29 is 17.9 Å². The number of carbonyl (C=O) groups is 1. The molecule has 0 heterocycles. The summed E-state index contributed by atoms with van der Waals surface area (Å²) in [6.07, 6.45) is 1.72. The number of hydrogen-bond donors (Lipinski definition) is 1. The van der Waals surface area contributed by atoms with Gasteiger partial charge in [0.05, 0.1) is 17.1 Å². The molecule has 1 aromatic rings. The number of benzene rings is 1. The summed E-state index contributed by atoms with van der Waals surface area (Å²) >= 11 is 0. The number of ether oxygens (including phenoxy) is 1. The summed E-state index contributed by atoms with van der Waals surface area (Å²) in [5.41, 5.74) is 0.243. The highest BCUT2D eigenvalue weighted by Crippen LogP contribution is 2.13. The van der Waals surface area contributed by atoms with Crippen LogP contribution in [0.15, 0.2) is 29.2 Å². The lowest BCUT2D eigenvalue weighted by atomic mass is 10.2. The van der Waals surface area contributed by atoms with Gasteiger partial charge in [-0.1, -0.05) is 19.4 Å². The molecule has 0 bridgehead atoms. The molecule has 1 aromatic carbocycles. The van der Waals surface area contributed by atoms with E-state index in [2.05, 4.69) is 4.72 Å². The van der Waals surface area contributed by atoms with Crippen molar-refractivity contribution in [2.75, 3.05) is 6.61 Å². The SMILES string of the molecule is CCCCOC(=O)c1cccc(S(=O)(=O)NC(C)C)c1. The van der Waals surface area contributed by atoms with Crippen molar-refractivity contribution in [2.24, 2.45) is 0 Å². The summed E-state index contributed by atoms with van der Waals surface area (Å²) in [6, 6.07) is 5.65. The Morgan fingerprint density at radius 2 is 2.05 bits per heavy atom. The zero-order chi connectivity index (χ0) is 15.2. The molecule has 5 nitrogen and oxygen atoms in total. The highest BCUT2D eigenvalue weighted by Gasteiger charge is 2.17. The maximum Gasteiger partial charge on any atom is 0.338 e. The van der Waals surface area contributed by atoms with Gasteiger partial charge in [-0.3, -0.25) is 0 Å². The number of carbonyl (C=O) groups excluding carboxylic acids is 1. The zero-order valence-electron chi connectivity index (χ0n) is 12.0. The topological polar surface area (TPSA) is 72.5 Å². The monoisotopic (exact) mass is 299 g/mol. The first-order valence-corrected chi connectivity index (χ1v) is 8.14. The minimum atomic E-state index is -3.60. The van der Waals surface area contributed by atoms with E-state index in [1.807, 2.05) is 6.92 Å². The fourth-order valence-corrected chi connectivity index (χ4v) is 2.86. The Morgan fingerprint density at radius 1 is 1.35 bits per heavy atom. The van der Waals surface area contributed by atoms with E-state index in [9.17, 15) is 13.2 Å². The Labute approximate surface area is 120 Å². The second-order valence-corrected chi connectivity index (χ2v) is 6.51. The maximum atomic E-state index is 12.0. The molecule has 0 unspecified atom stereocenters. The van der Waals surface area contributed by atoms with Gasteiger partial charge >= 0.3 is 5.97 Å². The normalized spacial score (nSPS) is 11.6. The van der Waals surface area contributed by atoms with Gasteiger partial charge in [0.1, 0.15) is 0 Å². The first kappa shape index (κ1) is 16.7. The third-order valence-electron chi connectivity index (χ3n) is 2.50. The Balaban J connectivity index is 2.88. The number of nitrogens with one attached hydrogen (secondary N) is 1. The summed E-state index contributed by atoms with van der Waals surface area (Å²) in [5.74, 6) is -0.500. The number of unbranched alkanes of at least 4 members (excludes halogenated alkanes) is 1. The van der Waals surface area contributed by atoms with Gasteiger partial charge in [-0.25, -0.2) is 17.9 Å². The largest absolute Gasteiger partial charge is 0.462 e.